The predicted octanol–water partition coefficient (Wildman–Crippen LogP) is 1.59. The highest BCUT2D eigenvalue weighted by Crippen LogP contribution is 2.31. The Morgan fingerprint density at radius 2 is 2.44 bits per heavy atom. The Hall–Kier alpha value is -0.650. The van der Waals surface area contributed by atoms with Crippen LogP contribution in [-0.2, 0) is 17.6 Å². The van der Waals surface area contributed by atoms with Crippen LogP contribution in [0.15, 0.2) is 0 Å². The van der Waals surface area contributed by atoms with Crippen LogP contribution in [0, 0.1) is 5.92 Å². The van der Waals surface area contributed by atoms with Gasteiger partial charge in [0.15, 0.2) is 5.13 Å². The SMILES string of the molecule is CC1CCc2nc(NC(=O)CN)sc2C1.Cl. The Balaban J connectivity index is 0.00000128. The Morgan fingerprint density at radius 1 is 1.69 bits per heavy atom. The number of aromatic nitrogens is 1. The van der Waals surface area contributed by atoms with Gasteiger partial charge in [-0.3, -0.25) is 4.79 Å². The van der Waals surface area contributed by atoms with E-state index in [-0.39, 0.29) is 24.9 Å². The number of thiazole rings is 1. The molecule has 6 heteroatoms. The Morgan fingerprint density at radius 3 is 3.12 bits per heavy atom. The standard InChI is InChI=1S/C10H15N3OS.ClH/c1-6-2-3-7-8(4-6)15-10(12-7)13-9(14)5-11;/h6H,2-5,11H2,1H3,(H,12,13,14);1H. The van der Waals surface area contributed by atoms with Gasteiger partial charge in [0.1, 0.15) is 0 Å². The number of hydrogen-bond donors (Lipinski definition) is 2. The number of hydrogen-bond acceptors (Lipinski definition) is 4. The van der Waals surface area contributed by atoms with Gasteiger partial charge in [0, 0.05) is 4.88 Å². The molecule has 0 bridgehead atoms. The molecule has 0 aromatic carbocycles. The highest BCUT2D eigenvalue weighted by atomic mass is 35.5. The van der Waals surface area contributed by atoms with Gasteiger partial charge in [-0.2, -0.15) is 0 Å². The van der Waals surface area contributed by atoms with Gasteiger partial charge in [-0.25, -0.2) is 4.98 Å². The molecule has 0 saturated carbocycles. The van der Waals surface area contributed by atoms with Crippen molar-refractivity contribution >= 4 is 34.8 Å². The van der Waals surface area contributed by atoms with Crippen molar-refractivity contribution < 1.29 is 4.79 Å². The molecule has 1 aromatic rings. The monoisotopic (exact) mass is 261 g/mol. The molecule has 0 radical (unpaired) electrons. The molecule has 1 aromatic heterocycles. The van der Waals surface area contributed by atoms with Crippen molar-refractivity contribution in [3.05, 3.63) is 10.6 Å². The summed E-state index contributed by atoms with van der Waals surface area (Å²) in [5.74, 6) is 0.560. The number of carbonyl (C=O) groups excluding carboxylic acids is 1. The third kappa shape index (κ3) is 2.93. The molecule has 0 spiro atoms. The third-order valence-electron chi connectivity index (χ3n) is 2.62. The number of anilines is 1. The number of amides is 1. The summed E-state index contributed by atoms with van der Waals surface area (Å²) in [6, 6.07) is 0. The summed E-state index contributed by atoms with van der Waals surface area (Å²) in [5.41, 5.74) is 6.39. The fourth-order valence-electron chi connectivity index (χ4n) is 1.76. The number of aryl methyl sites for hydroxylation is 1. The van der Waals surface area contributed by atoms with Crippen LogP contribution in [0.5, 0.6) is 0 Å². The Kier molecular flexibility index (Phi) is 4.70. The number of carbonyl (C=O) groups is 1. The highest BCUT2D eigenvalue weighted by Gasteiger charge is 2.20. The van der Waals surface area contributed by atoms with Gasteiger partial charge in [-0.15, -0.1) is 23.7 Å². The smallest absolute Gasteiger partial charge is 0.239 e. The van der Waals surface area contributed by atoms with Gasteiger partial charge in [0.25, 0.3) is 0 Å². The first kappa shape index (κ1) is 13.4. The van der Waals surface area contributed by atoms with Gasteiger partial charge in [-0.05, 0) is 25.2 Å². The molecule has 2 rings (SSSR count). The fraction of sp³-hybridized carbons (Fsp3) is 0.600. The first-order chi connectivity index (χ1) is 7.19. The quantitative estimate of drug-likeness (QED) is 0.850. The van der Waals surface area contributed by atoms with Crippen LogP contribution < -0.4 is 11.1 Å². The van der Waals surface area contributed by atoms with Crippen LogP contribution in [0.2, 0.25) is 0 Å². The molecule has 1 amide bonds. The normalized spacial score (nSPS) is 18.5. The lowest BCUT2D eigenvalue weighted by molar-refractivity contribution is -0.114. The molecule has 0 saturated heterocycles. The second kappa shape index (κ2) is 5.61. The summed E-state index contributed by atoms with van der Waals surface area (Å²) in [6.45, 7) is 2.27. The van der Waals surface area contributed by atoms with Crippen molar-refractivity contribution in [2.24, 2.45) is 11.7 Å². The lowest BCUT2D eigenvalue weighted by Crippen LogP contribution is -2.21. The van der Waals surface area contributed by atoms with E-state index in [4.69, 9.17) is 5.73 Å². The van der Waals surface area contributed by atoms with Crippen LogP contribution in [-0.4, -0.2) is 17.4 Å². The molecule has 1 heterocycles. The second-order valence-electron chi connectivity index (χ2n) is 3.99. The number of nitrogens with zero attached hydrogens (tertiary/aromatic N) is 1. The Labute approximate surface area is 105 Å². The lowest BCUT2D eigenvalue weighted by atomic mass is 9.93. The minimum absolute atomic E-state index is 0. The van der Waals surface area contributed by atoms with Crippen molar-refractivity contribution in [1.82, 2.24) is 4.98 Å². The van der Waals surface area contributed by atoms with Crippen LogP contribution in [0.1, 0.15) is 23.9 Å². The molecule has 16 heavy (non-hydrogen) atoms. The molecule has 3 N–H and O–H groups in total. The molecule has 1 aliphatic rings. The average Bonchev–Trinajstić information content (AvgIpc) is 2.59. The van der Waals surface area contributed by atoms with Crippen molar-refractivity contribution in [3.63, 3.8) is 0 Å². The van der Waals surface area contributed by atoms with Crippen molar-refractivity contribution in [1.29, 1.82) is 0 Å². The number of rotatable bonds is 2. The number of halogens is 1. The molecular weight excluding hydrogens is 246 g/mol. The van der Waals surface area contributed by atoms with Gasteiger partial charge >= 0.3 is 0 Å². The first-order valence-corrected chi connectivity index (χ1v) is 5.99. The number of nitrogens with one attached hydrogen (secondary N) is 1. The van der Waals surface area contributed by atoms with Crippen molar-refractivity contribution in [2.75, 3.05) is 11.9 Å². The van der Waals surface area contributed by atoms with Crippen LogP contribution >= 0.6 is 23.7 Å². The van der Waals surface area contributed by atoms with Crippen molar-refractivity contribution in [3.8, 4) is 0 Å². The zero-order valence-corrected chi connectivity index (χ0v) is 10.8. The van der Waals surface area contributed by atoms with Crippen LogP contribution in [0.25, 0.3) is 0 Å². The van der Waals surface area contributed by atoms with Crippen molar-refractivity contribution in [2.45, 2.75) is 26.2 Å². The summed E-state index contributed by atoms with van der Waals surface area (Å²) in [7, 11) is 0. The summed E-state index contributed by atoms with van der Waals surface area (Å²) in [4.78, 5) is 16.8. The zero-order valence-electron chi connectivity index (χ0n) is 9.16. The van der Waals surface area contributed by atoms with Crippen LogP contribution in [0.4, 0.5) is 5.13 Å². The highest BCUT2D eigenvalue weighted by molar-refractivity contribution is 7.15. The van der Waals surface area contributed by atoms with E-state index in [1.54, 1.807) is 11.3 Å². The second-order valence-corrected chi connectivity index (χ2v) is 5.07. The minimum atomic E-state index is -0.172. The first-order valence-electron chi connectivity index (χ1n) is 5.17. The topological polar surface area (TPSA) is 68.0 Å². The van der Waals surface area contributed by atoms with Gasteiger partial charge in [0.2, 0.25) is 5.91 Å². The van der Waals surface area contributed by atoms with Gasteiger partial charge < -0.3 is 11.1 Å². The molecule has 1 unspecified atom stereocenters. The minimum Gasteiger partial charge on any atom is -0.322 e. The summed E-state index contributed by atoms with van der Waals surface area (Å²) in [5, 5.41) is 3.41. The van der Waals surface area contributed by atoms with E-state index in [2.05, 4.69) is 17.2 Å². The third-order valence-corrected chi connectivity index (χ3v) is 3.65. The van der Waals surface area contributed by atoms with Crippen LogP contribution in [0.3, 0.4) is 0 Å². The summed E-state index contributed by atoms with van der Waals surface area (Å²) >= 11 is 1.58. The maximum atomic E-state index is 11.1. The molecule has 4 nitrogen and oxygen atoms in total. The van der Waals surface area contributed by atoms with E-state index in [0.717, 1.165) is 24.5 Å². The van der Waals surface area contributed by atoms with E-state index in [9.17, 15) is 4.79 Å². The van der Waals surface area contributed by atoms with E-state index in [1.807, 2.05) is 0 Å². The fourth-order valence-corrected chi connectivity index (χ4v) is 2.95. The summed E-state index contributed by atoms with van der Waals surface area (Å²) < 4.78 is 0. The van der Waals surface area contributed by atoms with E-state index in [0.29, 0.717) is 5.13 Å². The largest absolute Gasteiger partial charge is 0.322 e. The molecule has 1 atom stereocenters. The zero-order chi connectivity index (χ0) is 10.8. The maximum Gasteiger partial charge on any atom is 0.239 e. The molecule has 0 fully saturated rings. The number of nitrogens with two attached hydrogens (primary N) is 1. The van der Waals surface area contributed by atoms with E-state index >= 15 is 0 Å². The van der Waals surface area contributed by atoms with E-state index in [1.165, 1.54) is 11.3 Å². The molecule has 0 aliphatic heterocycles. The van der Waals surface area contributed by atoms with Gasteiger partial charge in [0.05, 0.1) is 12.2 Å². The molecule has 90 valence electrons. The molecule has 1 aliphatic carbocycles. The summed E-state index contributed by atoms with van der Waals surface area (Å²) in [6.07, 6.45) is 3.32. The predicted molar refractivity (Wildman–Crippen MR) is 68.2 cm³/mol. The lowest BCUT2D eigenvalue weighted by Gasteiger charge is -2.15. The maximum absolute atomic E-state index is 11.1. The Bertz CT molecular complexity index is 380. The molecular formula is C10H16ClN3OS. The average molecular weight is 262 g/mol. The van der Waals surface area contributed by atoms with Gasteiger partial charge in [-0.1, -0.05) is 6.92 Å². The number of fused-ring (bicyclic) bond motifs is 1. The van der Waals surface area contributed by atoms with E-state index < -0.39 is 0 Å².